The van der Waals surface area contributed by atoms with Gasteiger partial charge in [0.15, 0.2) is 0 Å². The number of rotatable bonds is 3. The second kappa shape index (κ2) is 4.39. The van der Waals surface area contributed by atoms with Crippen molar-refractivity contribution in [3.63, 3.8) is 0 Å². The van der Waals surface area contributed by atoms with Crippen LogP contribution in [0.5, 0.6) is 0 Å². The van der Waals surface area contributed by atoms with Gasteiger partial charge in [-0.1, -0.05) is 0 Å². The summed E-state index contributed by atoms with van der Waals surface area (Å²) in [6.07, 6.45) is 0.330. The van der Waals surface area contributed by atoms with E-state index in [1.807, 2.05) is 0 Å². The van der Waals surface area contributed by atoms with E-state index in [1.54, 1.807) is 6.92 Å². The average Bonchev–Trinajstić information content (AvgIpc) is 2.11. The zero-order valence-electron chi connectivity index (χ0n) is 7.30. The summed E-state index contributed by atoms with van der Waals surface area (Å²) in [6.45, 7) is 1.68. The van der Waals surface area contributed by atoms with E-state index in [0.717, 1.165) is 0 Å². The number of hydrogen-bond acceptors (Lipinski definition) is 3. The maximum atomic E-state index is 11.3. The van der Waals surface area contributed by atoms with E-state index in [1.165, 1.54) is 0 Å². The number of aliphatic hydroxyl groups excluding tert-OH is 1. The number of H-pyrrole nitrogens is 1. The fourth-order valence-corrected chi connectivity index (χ4v) is 1.26. The molecule has 2 N–H and O–H groups in total. The average molecular weight is 203 g/mol. The van der Waals surface area contributed by atoms with E-state index in [0.29, 0.717) is 23.5 Å². The summed E-state index contributed by atoms with van der Waals surface area (Å²) >= 11 is 5.52. The van der Waals surface area contributed by atoms with Gasteiger partial charge in [0.2, 0.25) is 0 Å². The van der Waals surface area contributed by atoms with Crippen LogP contribution in [0.4, 0.5) is 0 Å². The Morgan fingerprint density at radius 1 is 1.62 bits per heavy atom. The van der Waals surface area contributed by atoms with Crippen molar-refractivity contribution in [1.82, 2.24) is 9.97 Å². The first kappa shape index (κ1) is 10.2. The van der Waals surface area contributed by atoms with Gasteiger partial charge in [-0.05, 0) is 6.92 Å². The Morgan fingerprint density at radius 2 is 2.31 bits per heavy atom. The molecule has 5 heteroatoms. The van der Waals surface area contributed by atoms with E-state index in [2.05, 4.69) is 9.97 Å². The Bertz CT molecular complexity index is 348. The standard InChI is InChI=1S/C8H11ClN2O2/c1-5-6(2-3-12)8(13)11-7(4-9)10-5/h12H,2-4H2,1H3,(H,10,11,13). The molecule has 0 aliphatic heterocycles. The number of alkyl halides is 1. The van der Waals surface area contributed by atoms with Crippen LogP contribution in [-0.4, -0.2) is 21.7 Å². The number of nitrogens with zero attached hydrogens (tertiary/aromatic N) is 1. The van der Waals surface area contributed by atoms with Crippen LogP contribution in [0.25, 0.3) is 0 Å². The Balaban J connectivity index is 3.15. The Labute approximate surface area is 80.6 Å². The number of halogens is 1. The predicted octanol–water partition coefficient (Wildman–Crippen LogP) is 0.352. The minimum atomic E-state index is -0.211. The highest BCUT2D eigenvalue weighted by atomic mass is 35.5. The molecule has 4 nitrogen and oxygen atoms in total. The maximum Gasteiger partial charge on any atom is 0.254 e. The van der Waals surface area contributed by atoms with E-state index >= 15 is 0 Å². The van der Waals surface area contributed by atoms with Crippen LogP contribution >= 0.6 is 11.6 Å². The van der Waals surface area contributed by atoms with Crippen LogP contribution in [0.1, 0.15) is 17.1 Å². The summed E-state index contributed by atoms with van der Waals surface area (Å²) in [5, 5.41) is 8.69. The zero-order valence-corrected chi connectivity index (χ0v) is 8.06. The third-order valence-corrected chi connectivity index (χ3v) is 2.01. The highest BCUT2D eigenvalue weighted by Crippen LogP contribution is 2.01. The van der Waals surface area contributed by atoms with E-state index < -0.39 is 0 Å². The molecule has 1 rings (SSSR count). The molecule has 0 unspecified atom stereocenters. The quantitative estimate of drug-likeness (QED) is 0.696. The van der Waals surface area contributed by atoms with Crippen LogP contribution in [0.3, 0.4) is 0 Å². The molecule has 0 aromatic carbocycles. The summed E-state index contributed by atoms with van der Waals surface area (Å²) in [7, 11) is 0. The first-order chi connectivity index (χ1) is 6.19. The smallest absolute Gasteiger partial charge is 0.254 e. The van der Waals surface area contributed by atoms with Gasteiger partial charge in [-0.15, -0.1) is 11.6 Å². The molecule has 0 fully saturated rings. The first-order valence-corrected chi connectivity index (χ1v) is 4.48. The lowest BCUT2D eigenvalue weighted by Gasteiger charge is -2.03. The number of aryl methyl sites for hydroxylation is 1. The van der Waals surface area contributed by atoms with Crippen molar-refractivity contribution in [2.45, 2.75) is 19.2 Å². The van der Waals surface area contributed by atoms with Crippen molar-refractivity contribution in [2.24, 2.45) is 0 Å². The van der Waals surface area contributed by atoms with Crippen molar-refractivity contribution in [2.75, 3.05) is 6.61 Å². The van der Waals surface area contributed by atoms with Gasteiger partial charge in [-0.25, -0.2) is 4.98 Å². The molecule has 0 atom stereocenters. The van der Waals surface area contributed by atoms with Gasteiger partial charge in [-0.2, -0.15) is 0 Å². The second-order valence-electron chi connectivity index (χ2n) is 2.68. The molecule has 72 valence electrons. The van der Waals surface area contributed by atoms with E-state index in [-0.39, 0.29) is 18.0 Å². The summed E-state index contributed by atoms with van der Waals surface area (Å²) in [5.74, 6) is 0.654. The molecule has 1 aromatic rings. The summed E-state index contributed by atoms with van der Waals surface area (Å²) in [5.41, 5.74) is 0.946. The second-order valence-corrected chi connectivity index (χ2v) is 2.95. The number of aromatic amines is 1. The highest BCUT2D eigenvalue weighted by Gasteiger charge is 2.06. The highest BCUT2D eigenvalue weighted by molar-refractivity contribution is 6.16. The molecule has 0 aliphatic carbocycles. The number of hydrogen-bond donors (Lipinski definition) is 2. The Kier molecular flexibility index (Phi) is 3.45. The topological polar surface area (TPSA) is 66.0 Å². The van der Waals surface area contributed by atoms with Crippen molar-refractivity contribution in [1.29, 1.82) is 0 Å². The monoisotopic (exact) mass is 202 g/mol. The van der Waals surface area contributed by atoms with E-state index in [4.69, 9.17) is 16.7 Å². The van der Waals surface area contributed by atoms with Crippen LogP contribution in [0.2, 0.25) is 0 Å². The molecule has 0 saturated carbocycles. The lowest BCUT2D eigenvalue weighted by atomic mass is 10.2. The fraction of sp³-hybridized carbons (Fsp3) is 0.500. The molecule has 0 radical (unpaired) electrons. The molecule has 0 aliphatic rings. The van der Waals surface area contributed by atoms with Crippen molar-refractivity contribution >= 4 is 11.6 Å². The largest absolute Gasteiger partial charge is 0.396 e. The molecule has 1 aromatic heterocycles. The molecule has 0 amide bonds. The van der Waals surface area contributed by atoms with Gasteiger partial charge in [0.05, 0.1) is 5.88 Å². The minimum Gasteiger partial charge on any atom is -0.396 e. The Morgan fingerprint density at radius 3 is 2.77 bits per heavy atom. The lowest BCUT2D eigenvalue weighted by Crippen LogP contribution is -2.19. The van der Waals surface area contributed by atoms with Crippen LogP contribution < -0.4 is 5.56 Å². The van der Waals surface area contributed by atoms with Crippen LogP contribution in [0, 0.1) is 6.92 Å². The van der Waals surface area contributed by atoms with Crippen molar-refractivity contribution in [3.05, 3.63) is 27.4 Å². The Hall–Kier alpha value is -0.870. The molecular formula is C8H11ClN2O2. The molecular weight excluding hydrogens is 192 g/mol. The molecule has 1 heterocycles. The van der Waals surface area contributed by atoms with Gasteiger partial charge in [0, 0.05) is 24.3 Å². The zero-order chi connectivity index (χ0) is 9.84. The normalized spacial score (nSPS) is 10.4. The van der Waals surface area contributed by atoms with Crippen LogP contribution in [0.15, 0.2) is 4.79 Å². The number of aromatic nitrogens is 2. The van der Waals surface area contributed by atoms with Gasteiger partial charge >= 0.3 is 0 Å². The number of nitrogens with one attached hydrogen (secondary N) is 1. The van der Waals surface area contributed by atoms with Gasteiger partial charge < -0.3 is 10.1 Å². The van der Waals surface area contributed by atoms with E-state index in [9.17, 15) is 4.79 Å². The molecule has 0 spiro atoms. The maximum absolute atomic E-state index is 11.3. The lowest BCUT2D eigenvalue weighted by molar-refractivity contribution is 0.298. The van der Waals surface area contributed by atoms with Crippen LogP contribution in [-0.2, 0) is 12.3 Å². The summed E-state index contributed by atoms with van der Waals surface area (Å²) < 4.78 is 0. The van der Waals surface area contributed by atoms with Gasteiger partial charge in [0.25, 0.3) is 5.56 Å². The third-order valence-electron chi connectivity index (χ3n) is 1.76. The molecule has 0 saturated heterocycles. The minimum absolute atomic E-state index is 0.0498. The van der Waals surface area contributed by atoms with Gasteiger partial charge in [0.1, 0.15) is 5.82 Å². The summed E-state index contributed by atoms with van der Waals surface area (Å²) in [4.78, 5) is 18.0. The number of aliphatic hydroxyl groups is 1. The van der Waals surface area contributed by atoms with Crippen molar-refractivity contribution in [3.8, 4) is 0 Å². The van der Waals surface area contributed by atoms with Crippen molar-refractivity contribution < 1.29 is 5.11 Å². The predicted molar refractivity (Wildman–Crippen MR) is 49.9 cm³/mol. The fourth-order valence-electron chi connectivity index (χ4n) is 1.14. The SMILES string of the molecule is Cc1nc(CCl)[nH]c(=O)c1CCO. The molecule has 0 bridgehead atoms. The third kappa shape index (κ3) is 2.29. The van der Waals surface area contributed by atoms with Gasteiger partial charge in [-0.3, -0.25) is 4.79 Å². The first-order valence-electron chi connectivity index (χ1n) is 3.94. The molecule has 13 heavy (non-hydrogen) atoms. The summed E-state index contributed by atoms with van der Waals surface area (Å²) in [6, 6.07) is 0.